The molecule has 1 aromatic heterocycles. The van der Waals surface area contributed by atoms with Crippen LogP contribution in [0.1, 0.15) is 18.1 Å². The van der Waals surface area contributed by atoms with Crippen molar-refractivity contribution in [2.24, 2.45) is 0 Å². The highest BCUT2D eigenvalue weighted by Gasteiger charge is 2.16. The van der Waals surface area contributed by atoms with Crippen molar-refractivity contribution in [1.29, 1.82) is 0 Å². The molecule has 0 bridgehead atoms. The van der Waals surface area contributed by atoms with E-state index in [0.29, 0.717) is 17.0 Å². The smallest absolute Gasteiger partial charge is 0.216 e. The molecule has 0 radical (unpaired) electrons. The molecule has 4 nitrogen and oxygen atoms in total. The van der Waals surface area contributed by atoms with Crippen LogP contribution < -0.4 is 4.72 Å². The van der Waals surface area contributed by atoms with Crippen LogP contribution in [0.3, 0.4) is 0 Å². The van der Waals surface area contributed by atoms with Crippen molar-refractivity contribution in [2.45, 2.75) is 25.1 Å². The molecule has 2 aromatic rings. The average Bonchev–Trinajstić information content (AvgIpc) is 2.79. The molecular weight excluding hydrogens is 298 g/mol. The molecule has 0 saturated carbocycles. The minimum atomic E-state index is -3.39. The highest BCUT2D eigenvalue weighted by atomic mass is 35.5. The Hall–Kier alpha value is -1.30. The Morgan fingerprint density at radius 1 is 1.30 bits per heavy atom. The van der Waals surface area contributed by atoms with E-state index in [4.69, 9.17) is 16.0 Å². The van der Waals surface area contributed by atoms with Crippen molar-refractivity contribution in [3.05, 3.63) is 59.0 Å². The summed E-state index contributed by atoms with van der Waals surface area (Å²) in [7, 11) is -3.39. The van der Waals surface area contributed by atoms with Gasteiger partial charge in [-0.15, -0.1) is 0 Å². The predicted molar refractivity (Wildman–Crippen MR) is 79.1 cm³/mol. The molecule has 0 aliphatic rings. The predicted octanol–water partition coefficient (Wildman–Crippen LogP) is 2.98. The molecule has 0 aliphatic heterocycles. The van der Waals surface area contributed by atoms with Crippen LogP contribution >= 0.6 is 11.6 Å². The molecule has 1 N–H and O–H groups in total. The second-order valence-corrected chi connectivity index (χ2v) is 6.93. The minimum Gasteiger partial charge on any atom is -0.472 e. The second-order valence-electron chi connectivity index (χ2n) is 4.74. The van der Waals surface area contributed by atoms with Crippen LogP contribution in [0.15, 0.2) is 47.3 Å². The van der Waals surface area contributed by atoms with Crippen molar-refractivity contribution < 1.29 is 12.8 Å². The van der Waals surface area contributed by atoms with Crippen LogP contribution in [-0.2, 0) is 22.2 Å². The van der Waals surface area contributed by atoms with Gasteiger partial charge in [-0.1, -0.05) is 23.7 Å². The number of hydrogen-bond donors (Lipinski definition) is 1. The van der Waals surface area contributed by atoms with Gasteiger partial charge < -0.3 is 4.42 Å². The molecule has 20 heavy (non-hydrogen) atoms. The van der Waals surface area contributed by atoms with Crippen LogP contribution in [0.5, 0.6) is 0 Å². The first-order valence-electron chi connectivity index (χ1n) is 6.20. The van der Waals surface area contributed by atoms with Gasteiger partial charge in [0.25, 0.3) is 0 Å². The van der Waals surface area contributed by atoms with Gasteiger partial charge in [0.2, 0.25) is 10.0 Å². The molecule has 1 atom stereocenters. The summed E-state index contributed by atoms with van der Waals surface area (Å²) in [5, 5.41) is 0.532. The van der Waals surface area contributed by atoms with E-state index in [9.17, 15) is 8.42 Å². The van der Waals surface area contributed by atoms with E-state index >= 15 is 0 Å². The number of halogens is 1. The van der Waals surface area contributed by atoms with E-state index < -0.39 is 10.0 Å². The Bertz CT molecular complexity index is 653. The van der Waals surface area contributed by atoms with E-state index in [1.165, 1.54) is 0 Å². The van der Waals surface area contributed by atoms with Crippen LogP contribution in [0.2, 0.25) is 5.02 Å². The molecule has 0 aliphatic carbocycles. The fourth-order valence-corrected chi connectivity index (χ4v) is 3.61. The zero-order chi connectivity index (χ0) is 14.6. The van der Waals surface area contributed by atoms with Gasteiger partial charge in [-0.2, -0.15) is 0 Å². The number of hydrogen-bond acceptors (Lipinski definition) is 3. The van der Waals surface area contributed by atoms with Gasteiger partial charge in [0.15, 0.2) is 0 Å². The summed E-state index contributed by atoms with van der Waals surface area (Å²) in [4.78, 5) is 0. The number of furan rings is 1. The molecule has 1 aromatic carbocycles. The summed E-state index contributed by atoms with van der Waals surface area (Å²) in [5.41, 5.74) is 1.63. The SMILES string of the molecule is C[C@H](Cc1ccoc1)NS(=O)(=O)Cc1cccc(Cl)c1. The fraction of sp³-hybridized carbons (Fsp3) is 0.286. The Balaban J connectivity index is 1.96. The maximum absolute atomic E-state index is 12.1. The first-order chi connectivity index (χ1) is 9.44. The number of rotatable bonds is 6. The first kappa shape index (κ1) is 15.1. The van der Waals surface area contributed by atoms with Gasteiger partial charge in [-0.05, 0) is 42.7 Å². The van der Waals surface area contributed by atoms with E-state index in [-0.39, 0.29) is 11.8 Å². The lowest BCUT2D eigenvalue weighted by molar-refractivity contribution is 0.548. The van der Waals surface area contributed by atoms with Crippen LogP contribution in [0.4, 0.5) is 0 Å². The van der Waals surface area contributed by atoms with Crippen molar-refractivity contribution in [3.8, 4) is 0 Å². The Morgan fingerprint density at radius 2 is 2.10 bits per heavy atom. The Kier molecular flexibility index (Phi) is 4.86. The minimum absolute atomic E-state index is 0.0801. The highest BCUT2D eigenvalue weighted by molar-refractivity contribution is 7.88. The van der Waals surface area contributed by atoms with Crippen molar-refractivity contribution in [2.75, 3.05) is 0 Å². The second kappa shape index (κ2) is 6.43. The van der Waals surface area contributed by atoms with Crippen molar-refractivity contribution in [1.82, 2.24) is 4.72 Å². The summed E-state index contributed by atoms with van der Waals surface area (Å²) in [6.07, 6.45) is 3.77. The lowest BCUT2D eigenvalue weighted by Gasteiger charge is -2.13. The lowest BCUT2D eigenvalue weighted by atomic mass is 10.1. The van der Waals surface area contributed by atoms with Gasteiger partial charge in [-0.25, -0.2) is 13.1 Å². The standard InChI is InChI=1S/C14H16ClNO3S/c1-11(7-12-5-6-19-9-12)16-20(17,18)10-13-3-2-4-14(15)8-13/h2-6,8-9,11,16H,7,10H2,1H3/t11-/m1/s1. The van der Waals surface area contributed by atoms with Crippen LogP contribution in [-0.4, -0.2) is 14.5 Å². The zero-order valence-electron chi connectivity index (χ0n) is 11.0. The summed E-state index contributed by atoms with van der Waals surface area (Å²) >= 11 is 5.85. The molecule has 1 heterocycles. The third kappa shape index (κ3) is 4.67. The van der Waals surface area contributed by atoms with Gasteiger partial charge in [0.05, 0.1) is 18.3 Å². The van der Waals surface area contributed by atoms with E-state index in [2.05, 4.69) is 4.72 Å². The van der Waals surface area contributed by atoms with Gasteiger partial charge in [0, 0.05) is 11.1 Å². The van der Waals surface area contributed by atoms with Gasteiger partial charge in [-0.3, -0.25) is 0 Å². The highest BCUT2D eigenvalue weighted by Crippen LogP contribution is 2.13. The molecule has 0 fully saturated rings. The molecule has 0 unspecified atom stereocenters. The maximum Gasteiger partial charge on any atom is 0.216 e. The molecule has 0 saturated heterocycles. The van der Waals surface area contributed by atoms with E-state index in [1.807, 2.05) is 13.0 Å². The van der Waals surface area contributed by atoms with Crippen molar-refractivity contribution >= 4 is 21.6 Å². The van der Waals surface area contributed by atoms with Gasteiger partial charge in [0.1, 0.15) is 0 Å². The molecule has 0 spiro atoms. The summed E-state index contributed by atoms with van der Waals surface area (Å²) in [6, 6.07) is 8.47. The fourth-order valence-electron chi connectivity index (χ4n) is 2.00. The quantitative estimate of drug-likeness (QED) is 0.892. The normalized spacial score (nSPS) is 13.3. The van der Waals surface area contributed by atoms with E-state index in [1.54, 1.807) is 36.8 Å². The Labute approximate surface area is 123 Å². The molecule has 0 amide bonds. The molecule has 2 rings (SSSR count). The molecular formula is C14H16ClNO3S. The first-order valence-corrected chi connectivity index (χ1v) is 8.23. The van der Waals surface area contributed by atoms with Crippen molar-refractivity contribution in [3.63, 3.8) is 0 Å². The summed E-state index contributed by atoms with van der Waals surface area (Å²) in [6.45, 7) is 1.82. The topological polar surface area (TPSA) is 59.3 Å². The number of sulfonamides is 1. The summed E-state index contributed by atoms with van der Waals surface area (Å²) in [5.74, 6) is -0.0801. The third-order valence-electron chi connectivity index (χ3n) is 2.75. The van der Waals surface area contributed by atoms with Crippen LogP contribution in [0, 0.1) is 0 Å². The third-order valence-corrected chi connectivity index (χ3v) is 4.46. The Morgan fingerprint density at radius 3 is 2.75 bits per heavy atom. The van der Waals surface area contributed by atoms with Crippen LogP contribution in [0.25, 0.3) is 0 Å². The zero-order valence-corrected chi connectivity index (χ0v) is 12.6. The van der Waals surface area contributed by atoms with E-state index in [0.717, 1.165) is 5.56 Å². The summed E-state index contributed by atoms with van der Waals surface area (Å²) < 4.78 is 31.8. The monoisotopic (exact) mass is 313 g/mol. The average molecular weight is 314 g/mol. The van der Waals surface area contributed by atoms with Gasteiger partial charge >= 0.3 is 0 Å². The number of benzene rings is 1. The largest absolute Gasteiger partial charge is 0.472 e. The maximum atomic E-state index is 12.1. The molecule has 108 valence electrons. The molecule has 6 heteroatoms. The lowest BCUT2D eigenvalue weighted by Crippen LogP contribution is -2.34. The number of nitrogens with one attached hydrogen (secondary N) is 1.